The van der Waals surface area contributed by atoms with Crippen LogP contribution in [-0.4, -0.2) is 26.2 Å². The average Bonchev–Trinajstić information content (AvgIpc) is 2.28. The van der Waals surface area contributed by atoms with Crippen molar-refractivity contribution in [3.8, 4) is 11.8 Å². The van der Waals surface area contributed by atoms with Gasteiger partial charge in [0.15, 0.2) is 0 Å². The highest BCUT2D eigenvalue weighted by Crippen LogP contribution is 2.10. The molecular formula is C13H17NO3S. The van der Waals surface area contributed by atoms with Crippen LogP contribution in [0.5, 0.6) is 0 Å². The molecule has 0 aliphatic rings. The number of aliphatic hydroxyl groups excluding tert-OH is 1. The van der Waals surface area contributed by atoms with Crippen molar-refractivity contribution in [1.29, 1.82) is 0 Å². The monoisotopic (exact) mass is 267 g/mol. The Bertz CT molecular complexity index is 536. The first kappa shape index (κ1) is 14.7. The first-order chi connectivity index (χ1) is 8.45. The Balaban J connectivity index is 2.87. The summed E-state index contributed by atoms with van der Waals surface area (Å²) in [6.45, 7) is 3.57. The van der Waals surface area contributed by atoms with Crippen LogP contribution in [-0.2, 0) is 10.0 Å². The first-order valence-corrected chi connectivity index (χ1v) is 7.16. The highest BCUT2D eigenvalue weighted by molar-refractivity contribution is 7.89. The minimum absolute atomic E-state index is 0.0256. The second kappa shape index (κ2) is 6.55. The molecule has 5 heteroatoms. The number of aliphatic hydroxyl groups is 1. The molecule has 4 nitrogen and oxygen atoms in total. The summed E-state index contributed by atoms with van der Waals surface area (Å²) in [7, 11) is -3.44. The minimum atomic E-state index is -3.44. The van der Waals surface area contributed by atoms with Crippen molar-refractivity contribution >= 4 is 10.0 Å². The van der Waals surface area contributed by atoms with Crippen LogP contribution in [0.3, 0.4) is 0 Å². The van der Waals surface area contributed by atoms with Gasteiger partial charge in [0.05, 0.1) is 11.5 Å². The van der Waals surface area contributed by atoms with E-state index in [4.69, 9.17) is 5.11 Å². The van der Waals surface area contributed by atoms with Gasteiger partial charge in [-0.15, -0.1) is 0 Å². The Morgan fingerprint density at radius 2 is 1.89 bits per heavy atom. The maximum Gasteiger partial charge on any atom is 0.240 e. The normalized spacial score (nSPS) is 11.1. The Hall–Kier alpha value is -1.35. The van der Waals surface area contributed by atoms with Crippen LogP contribution in [0.2, 0.25) is 0 Å². The molecule has 0 fully saturated rings. The third-order valence-electron chi connectivity index (χ3n) is 2.02. The Labute approximate surface area is 108 Å². The summed E-state index contributed by atoms with van der Waals surface area (Å²) < 4.78 is 26.2. The van der Waals surface area contributed by atoms with Gasteiger partial charge < -0.3 is 5.11 Å². The van der Waals surface area contributed by atoms with Gasteiger partial charge in [0.2, 0.25) is 10.0 Å². The van der Waals surface area contributed by atoms with Crippen molar-refractivity contribution in [1.82, 2.24) is 4.72 Å². The molecule has 1 rings (SSSR count). The molecule has 1 aromatic rings. The fourth-order valence-electron chi connectivity index (χ4n) is 1.32. The summed E-state index contributed by atoms with van der Waals surface area (Å²) in [5, 5.41) is 8.59. The molecular weight excluding hydrogens is 250 g/mol. The molecule has 0 saturated carbocycles. The van der Waals surface area contributed by atoms with Crippen LogP contribution >= 0.6 is 0 Å². The Kier molecular flexibility index (Phi) is 5.35. The van der Waals surface area contributed by atoms with Gasteiger partial charge in [-0.05, 0) is 38.1 Å². The summed E-state index contributed by atoms with van der Waals surface area (Å²) in [6, 6.07) is 6.21. The SMILES string of the molecule is CC(C)NS(=O)(=O)c1ccc(C#CCCO)cc1. The zero-order valence-electron chi connectivity index (χ0n) is 10.5. The average molecular weight is 267 g/mol. The molecule has 98 valence electrons. The zero-order chi connectivity index (χ0) is 13.6. The Morgan fingerprint density at radius 1 is 1.28 bits per heavy atom. The first-order valence-electron chi connectivity index (χ1n) is 5.68. The van der Waals surface area contributed by atoms with E-state index in [9.17, 15) is 8.42 Å². The standard InChI is InChI=1S/C13H17NO3S/c1-11(2)14-18(16,17)13-8-6-12(7-9-13)5-3-4-10-15/h6-9,11,14-15H,4,10H2,1-2H3. The summed E-state index contributed by atoms with van der Waals surface area (Å²) in [4.78, 5) is 0.226. The molecule has 0 amide bonds. The van der Waals surface area contributed by atoms with Crippen LogP contribution in [0.25, 0.3) is 0 Å². The lowest BCUT2D eigenvalue weighted by molar-refractivity contribution is 0.305. The summed E-state index contributed by atoms with van der Waals surface area (Å²) in [6.07, 6.45) is 0.412. The summed E-state index contributed by atoms with van der Waals surface area (Å²) >= 11 is 0. The lowest BCUT2D eigenvalue weighted by Crippen LogP contribution is -2.30. The molecule has 0 bridgehead atoms. The van der Waals surface area contributed by atoms with Crippen molar-refractivity contribution in [2.75, 3.05) is 6.61 Å². The molecule has 0 spiro atoms. The van der Waals surface area contributed by atoms with E-state index in [1.165, 1.54) is 12.1 Å². The number of hydrogen-bond acceptors (Lipinski definition) is 3. The maximum absolute atomic E-state index is 11.8. The second-order valence-corrected chi connectivity index (χ2v) is 5.79. The van der Waals surface area contributed by atoms with Crippen LogP contribution < -0.4 is 4.72 Å². The zero-order valence-corrected chi connectivity index (χ0v) is 11.3. The largest absolute Gasteiger partial charge is 0.395 e. The molecule has 1 aromatic carbocycles. The topological polar surface area (TPSA) is 66.4 Å². The van der Waals surface area contributed by atoms with E-state index in [2.05, 4.69) is 16.6 Å². The van der Waals surface area contributed by atoms with Gasteiger partial charge in [0.25, 0.3) is 0 Å². The van der Waals surface area contributed by atoms with Crippen molar-refractivity contribution in [2.45, 2.75) is 31.2 Å². The smallest absolute Gasteiger partial charge is 0.240 e. The van der Waals surface area contributed by atoms with Crippen LogP contribution in [0.15, 0.2) is 29.2 Å². The minimum Gasteiger partial charge on any atom is -0.395 e. The predicted molar refractivity (Wildman–Crippen MR) is 70.5 cm³/mol. The van der Waals surface area contributed by atoms with Gasteiger partial charge in [-0.2, -0.15) is 0 Å². The van der Waals surface area contributed by atoms with Crippen LogP contribution in [0.4, 0.5) is 0 Å². The number of rotatable bonds is 4. The fraction of sp³-hybridized carbons (Fsp3) is 0.385. The number of hydrogen-bond donors (Lipinski definition) is 2. The molecule has 0 aromatic heterocycles. The van der Waals surface area contributed by atoms with E-state index in [0.29, 0.717) is 6.42 Å². The van der Waals surface area contributed by atoms with Gasteiger partial charge in [0.1, 0.15) is 0 Å². The lowest BCUT2D eigenvalue weighted by atomic mass is 10.2. The van der Waals surface area contributed by atoms with Gasteiger partial charge in [0, 0.05) is 18.0 Å². The molecule has 18 heavy (non-hydrogen) atoms. The molecule has 0 unspecified atom stereocenters. The predicted octanol–water partition coefficient (Wildman–Crippen LogP) is 1.11. The molecule has 0 atom stereocenters. The fourth-order valence-corrected chi connectivity index (χ4v) is 2.57. The van der Waals surface area contributed by atoms with Gasteiger partial charge >= 0.3 is 0 Å². The maximum atomic E-state index is 11.8. The quantitative estimate of drug-likeness (QED) is 0.803. The van der Waals surface area contributed by atoms with Crippen molar-refractivity contribution < 1.29 is 13.5 Å². The van der Waals surface area contributed by atoms with Crippen LogP contribution in [0.1, 0.15) is 25.8 Å². The summed E-state index contributed by atoms with van der Waals surface area (Å²) in [5.41, 5.74) is 0.729. The van der Waals surface area contributed by atoms with Crippen molar-refractivity contribution in [3.63, 3.8) is 0 Å². The summed E-state index contributed by atoms with van der Waals surface area (Å²) in [5.74, 6) is 5.62. The molecule has 2 N–H and O–H groups in total. The molecule has 0 aliphatic heterocycles. The van der Waals surface area contributed by atoms with E-state index in [0.717, 1.165) is 5.56 Å². The van der Waals surface area contributed by atoms with Gasteiger partial charge in [-0.1, -0.05) is 11.8 Å². The van der Waals surface area contributed by atoms with Crippen molar-refractivity contribution in [2.24, 2.45) is 0 Å². The van der Waals surface area contributed by atoms with E-state index in [-0.39, 0.29) is 17.5 Å². The third-order valence-corrected chi connectivity index (χ3v) is 3.70. The number of nitrogens with one attached hydrogen (secondary N) is 1. The molecule has 0 heterocycles. The number of benzene rings is 1. The second-order valence-electron chi connectivity index (χ2n) is 4.08. The molecule has 0 radical (unpaired) electrons. The highest BCUT2D eigenvalue weighted by atomic mass is 32.2. The molecule has 0 saturated heterocycles. The van der Waals surface area contributed by atoms with Gasteiger partial charge in [-0.25, -0.2) is 13.1 Å². The van der Waals surface area contributed by atoms with Crippen LogP contribution in [0, 0.1) is 11.8 Å². The van der Waals surface area contributed by atoms with E-state index in [1.807, 2.05) is 0 Å². The third kappa shape index (κ3) is 4.49. The molecule has 0 aliphatic carbocycles. The number of sulfonamides is 1. The van der Waals surface area contributed by atoms with E-state index in [1.54, 1.807) is 26.0 Å². The lowest BCUT2D eigenvalue weighted by Gasteiger charge is -2.09. The Morgan fingerprint density at radius 3 is 2.39 bits per heavy atom. The van der Waals surface area contributed by atoms with E-state index < -0.39 is 10.0 Å². The van der Waals surface area contributed by atoms with Gasteiger partial charge in [-0.3, -0.25) is 0 Å². The van der Waals surface area contributed by atoms with E-state index >= 15 is 0 Å². The highest BCUT2D eigenvalue weighted by Gasteiger charge is 2.14. The van der Waals surface area contributed by atoms with Crippen molar-refractivity contribution in [3.05, 3.63) is 29.8 Å².